The highest BCUT2D eigenvalue weighted by Crippen LogP contribution is 2.37. The molecule has 138 valence electrons. The third-order valence-corrected chi connectivity index (χ3v) is 6.03. The van der Waals surface area contributed by atoms with E-state index in [1.807, 2.05) is 24.3 Å². The van der Waals surface area contributed by atoms with Crippen molar-refractivity contribution < 1.29 is 14.3 Å². The number of amides is 1. The molecule has 0 saturated heterocycles. The molecule has 3 heterocycles. The first-order valence-electron chi connectivity index (χ1n) is 8.84. The van der Waals surface area contributed by atoms with Gasteiger partial charge in [-0.2, -0.15) is 4.68 Å². The van der Waals surface area contributed by atoms with Crippen LogP contribution < -0.4 is 14.8 Å². The van der Waals surface area contributed by atoms with Gasteiger partial charge in [0.2, 0.25) is 0 Å². The Balaban J connectivity index is 1.34. The van der Waals surface area contributed by atoms with Gasteiger partial charge in [0.05, 0.1) is 12.1 Å². The van der Waals surface area contributed by atoms with Gasteiger partial charge in [0.25, 0.3) is 5.91 Å². The van der Waals surface area contributed by atoms with Crippen molar-refractivity contribution in [3.63, 3.8) is 0 Å². The number of para-hydroxylation sites is 2. The topological polar surface area (TPSA) is 91.2 Å². The van der Waals surface area contributed by atoms with Gasteiger partial charge in [0.15, 0.2) is 11.5 Å². The van der Waals surface area contributed by atoms with Crippen LogP contribution in [-0.4, -0.2) is 45.4 Å². The Labute approximate surface area is 159 Å². The predicted octanol–water partition coefficient (Wildman–Crippen LogP) is 1.78. The molecule has 0 radical (unpaired) electrons. The molecule has 0 spiro atoms. The molecule has 0 bridgehead atoms. The third kappa shape index (κ3) is 2.93. The number of hydrogen-bond acceptors (Lipinski definition) is 7. The number of benzene rings is 1. The summed E-state index contributed by atoms with van der Waals surface area (Å²) in [7, 11) is 0. The maximum atomic E-state index is 13.0. The summed E-state index contributed by atoms with van der Waals surface area (Å²) in [6.45, 7) is 0.770. The predicted molar refractivity (Wildman–Crippen MR) is 97.7 cm³/mol. The lowest BCUT2D eigenvalue weighted by molar-refractivity contribution is 0.0789. The zero-order valence-corrected chi connectivity index (χ0v) is 15.2. The first kappa shape index (κ1) is 16.2. The van der Waals surface area contributed by atoms with E-state index in [0.717, 1.165) is 35.6 Å². The van der Waals surface area contributed by atoms with E-state index in [1.54, 1.807) is 16.0 Å². The molecule has 2 aromatic heterocycles. The van der Waals surface area contributed by atoms with Crippen LogP contribution in [-0.2, 0) is 12.8 Å². The van der Waals surface area contributed by atoms with Gasteiger partial charge < -0.3 is 14.8 Å². The fourth-order valence-corrected chi connectivity index (χ4v) is 4.80. The highest BCUT2D eigenvalue weighted by Gasteiger charge is 2.29. The summed E-state index contributed by atoms with van der Waals surface area (Å²) in [5.41, 5.74) is 1.80. The second-order valence-electron chi connectivity index (χ2n) is 6.50. The van der Waals surface area contributed by atoms with E-state index in [-0.39, 0.29) is 12.0 Å². The first-order chi connectivity index (χ1) is 13.3. The van der Waals surface area contributed by atoms with Gasteiger partial charge in [-0.3, -0.25) is 4.79 Å². The minimum absolute atomic E-state index is 0.123. The minimum Gasteiger partial charge on any atom is -0.486 e. The van der Waals surface area contributed by atoms with E-state index in [9.17, 15) is 4.79 Å². The fraction of sp³-hybridized carbons (Fsp3) is 0.333. The summed E-state index contributed by atoms with van der Waals surface area (Å²) in [6, 6.07) is 7.54. The number of nitrogens with zero attached hydrogens (tertiary/aromatic N) is 4. The molecule has 0 fully saturated rings. The highest BCUT2D eigenvalue weighted by molar-refractivity contribution is 7.15. The summed E-state index contributed by atoms with van der Waals surface area (Å²) in [5, 5.41) is 15.1. The van der Waals surface area contributed by atoms with Crippen LogP contribution in [0, 0.1) is 0 Å². The van der Waals surface area contributed by atoms with Crippen LogP contribution in [0.25, 0.3) is 5.00 Å². The van der Waals surface area contributed by atoms with Gasteiger partial charge in [0, 0.05) is 4.88 Å². The van der Waals surface area contributed by atoms with Crippen LogP contribution in [0.5, 0.6) is 11.5 Å². The Morgan fingerprint density at radius 3 is 3.04 bits per heavy atom. The van der Waals surface area contributed by atoms with E-state index in [1.165, 1.54) is 11.2 Å². The average Bonchev–Trinajstić information content (AvgIpc) is 3.42. The lowest BCUT2D eigenvalue weighted by Crippen LogP contribution is -2.41. The molecule has 1 atom stereocenters. The number of aryl methyl sites for hydroxylation is 1. The molecule has 9 heteroatoms. The number of thiophene rings is 1. The molecule has 1 aromatic carbocycles. The summed E-state index contributed by atoms with van der Waals surface area (Å²) in [6.07, 6.45) is 4.28. The Bertz CT molecular complexity index is 985. The molecule has 2 aliphatic rings. The monoisotopic (exact) mass is 383 g/mol. The van der Waals surface area contributed by atoms with Gasteiger partial charge in [-0.1, -0.05) is 12.1 Å². The lowest BCUT2D eigenvalue weighted by atomic mass is 10.1. The van der Waals surface area contributed by atoms with Crippen LogP contribution in [0.3, 0.4) is 0 Å². The normalized spacial score (nSPS) is 17.6. The standard InChI is InChI=1S/C18H17N5O3S/c24-17(19-8-11-9-25-13-5-1-2-6-14(13)26-11)16-12-4-3-7-15(12)27-18(16)23-10-20-21-22-23/h1-2,5-6,10-11H,3-4,7-9H2,(H,19,24). The SMILES string of the molecule is O=C(NCC1COc2ccccc2O1)c1c(-n2cnnn2)sc2c1CCC2. The quantitative estimate of drug-likeness (QED) is 0.739. The van der Waals surface area contributed by atoms with Crippen LogP contribution in [0.2, 0.25) is 0 Å². The first-order valence-corrected chi connectivity index (χ1v) is 9.66. The molecular formula is C18H17N5O3S. The van der Waals surface area contributed by atoms with Crippen molar-refractivity contribution in [1.82, 2.24) is 25.5 Å². The van der Waals surface area contributed by atoms with Gasteiger partial charge in [-0.15, -0.1) is 16.4 Å². The van der Waals surface area contributed by atoms with E-state index in [2.05, 4.69) is 20.8 Å². The van der Waals surface area contributed by atoms with Crippen molar-refractivity contribution in [2.45, 2.75) is 25.4 Å². The van der Waals surface area contributed by atoms with Crippen molar-refractivity contribution in [1.29, 1.82) is 0 Å². The molecule has 0 saturated carbocycles. The number of rotatable bonds is 4. The summed E-state index contributed by atoms with van der Waals surface area (Å²) >= 11 is 1.59. The molecular weight excluding hydrogens is 366 g/mol. The number of nitrogens with one attached hydrogen (secondary N) is 1. The molecule has 8 nitrogen and oxygen atoms in total. The van der Waals surface area contributed by atoms with E-state index < -0.39 is 0 Å². The van der Waals surface area contributed by atoms with Gasteiger partial charge >= 0.3 is 0 Å². The molecule has 1 amide bonds. The van der Waals surface area contributed by atoms with Crippen molar-refractivity contribution in [2.24, 2.45) is 0 Å². The third-order valence-electron chi connectivity index (χ3n) is 4.74. The van der Waals surface area contributed by atoms with Gasteiger partial charge in [0.1, 0.15) is 24.0 Å². The van der Waals surface area contributed by atoms with E-state index >= 15 is 0 Å². The number of aromatic nitrogens is 4. The van der Waals surface area contributed by atoms with E-state index in [0.29, 0.717) is 24.5 Å². The molecule has 1 aliphatic carbocycles. The maximum Gasteiger partial charge on any atom is 0.254 e. The van der Waals surface area contributed by atoms with Crippen molar-refractivity contribution in [2.75, 3.05) is 13.2 Å². The largest absolute Gasteiger partial charge is 0.486 e. The molecule has 1 N–H and O–H groups in total. The van der Waals surface area contributed by atoms with Crippen LogP contribution in [0.4, 0.5) is 0 Å². The smallest absolute Gasteiger partial charge is 0.254 e. The Morgan fingerprint density at radius 2 is 2.19 bits per heavy atom. The highest BCUT2D eigenvalue weighted by atomic mass is 32.1. The Hall–Kier alpha value is -2.94. The summed E-state index contributed by atoms with van der Waals surface area (Å²) < 4.78 is 13.2. The van der Waals surface area contributed by atoms with Crippen LogP contribution in [0.15, 0.2) is 30.6 Å². The number of tetrazole rings is 1. The maximum absolute atomic E-state index is 13.0. The molecule has 5 rings (SSSR count). The number of fused-ring (bicyclic) bond motifs is 2. The zero-order valence-electron chi connectivity index (χ0n) is 14.4. The summed E-state index contributed by atoms with van der Waals surface area (Å²) in [4.78, 5) is 14.2. The number of carbonyl (C=O) groups is 1. The average molecular weight is 383 g/mol. The lowest BCUT2D eigenvalue weighted by Gasteiger charge is -2.26. The Kier molecular flexibility index (Phi) is 4.01. The second-order valence-corrected chi connectivity index (χ2v) is 7.58. The number of ether oxygens (including phenoxy) is 2. The van der Waals surface area contributed by atoms with Gasteiger partial charge in [-0.25, -0.2) is 0 Å². The minimum atomic E-state index is -0.230. The number of carbonyl (C=O) groups excluding carboxylic acids is 1. The second kappa shape index (κ2) is 6.66. The summed E-state index contributed by atoms with van der Waals surface area (Å²) in [5.74, 6) is 1.31. The van der Waals surface area contributed by atoms with Crippen molar-refractivity contribution >= 4 is 17.2 Å². The fourth-order valence-electron chi connectivity index (χ4n) is 3.50. The van der Waals surface area contributed by atoms with Crippen LogP contribution >= 0.6 is 11.3 Å². The van der Waals surface area contributed by atoms with Crippen LogP contribution in [0.1, 0.15) is 27.2 Å². The molecule has 1 unspecified atom stereocenters. The number of hydrogen-bond donors (Lipinski definition) is 1. The zero-order chi connectivity index (χ0) is 18.2. The van der Waals surface area contributed by atoms with Gasteiger partial charge in [-0.05, 0) is 47.4 Å². The van der Waals surface area contributed by atoms with Crippen molar-refractivity contribution in [3.8, 4) is 16.5 Å². The molecule has 1 aliphatic heterocycles. The van der Waals surface area contributed by atoms with Crippen molar-refractivity contribution in [3.05, 3.63) is 46.6 Å². The molecule has 27 heavy (non-hydrogen) atoms. The Morgan fingerprint density at radius 1 is 1.30 bits per heavy atom. The van der Waals surface area contributed by atoms with E-state index in [4.69, 9.17) is 9.47 Å². The molecule has 3 aromatic rings.